The maximum absolute atomic E-state index is 11.9. The van der Waals surface area contributed by atoms with Gasteiger partial charge in [-0.2, -0.15) is 0 Å². The first-order valence-electron chi connectivity index (χ1n) is 7.17. The summed E-state index contributed by atoms with van der Waals surface area (Å²) in [4.78, 5) is 14.1. The molecule has 1 heterocycles. The Morgan fingerprint density at radius 2 is 1.57 bits per heavy atom. The van der Waals surface area contributed by atoms with E-state index in [1.54, 1.807) is 0 Å². The molecule has 0 aromatic heterocycles. The van der Waals surface area contributed by atoms with Crippen molar-refractivity contribution in [2.75, 3.05) is 6.54 Å². The first kappa shape index (κ1) is 13.8. The van der Waals surface area contributed by atoms with E-state index in [9.17, 15) is 4.79 Å². The summed E-state index contributed by atoms with van der Waals surface area (Å²) in [6.45, 7) is 0.895. The summed E-state index contributed by atoms with van der Waals surface area (Å²) in [6.07, 6.45) is 0.846. The minimum Gasteiger partial charge on any atom is -0.293 e. The van der Waals surface area contributed by atoms with Gasteiger partial charge in [0.25, 0.3) is 5.91 Å². The highest BCUT2D eigenvalue weighted by atomic mass is 16.2. The minimum absolute atomic E-state index is 0.0865. The molecule has 1 saturated heterocycles. The fourth-order valence-corrected chi connectivity index (χ4v) is 2.94. The number of carbonyl (C=O) groups excluding carboxylic acids is 1. The zero-order valence-electron chi connectivity index (χ0n) is 11.8. The first-order chi connectivity index (χ1) is 10.3. The lowest BCUT2D eigenvalue weighted by Gasteiger charge is -2.45. The standard InChI is InChI=1S/C17H19N3O/c18-19-17(21)15-11-12-20(15)16(13-7-3-1-4-8-13)14-9-5-2-6-10-14/h1-10,15-16H,11-12,18H2,(H,19,21). The van der Waals surface area contributed by atoms with Gasteiger partial charge in [0.05, 0.1) is 12.1 Å². The number of rotatable bonds is 4. The summed E-state index contributed by atoms with van der Waals surface area (Å²) in [5, 5.41) is 0. The van der Waals surface area contributed by atoms with Crippen LogP contribution in [0.2, 0.25) is 0 Å². The van der Waals surface area contributed by atoms with Crippen molar-refractivity contribution in [2.24, 2.45) is 5.84 Å². The van der Waals surface area contributed by atoms with Crippen LogP contribution >= 0.6 is 0 Å². The molecule has 1 aliphatic heterocycles. The number of nitrogens with two attached hydrogens (primary N) is 1. The number of likely N-dealkylation sites (tertiary alicyclic amines) is 1. The zero-order chi connectivity index (χ0) is 14.7. The molecule has 3 N–H and O–H groups in total. The second-order valence-electron chi connectivity index (χ2n) is 5.27. The third-order valence-electron chi connectivity index (χ3n) is 4.07. The van der Waals surface area contributed by atoms with Gasteiger partial charge < -0.3 is 0 Å². The number of nitrogens with one attached hydrogen (secondary N) is 1. The molecule has 1 unspecified atom stereocenters. The lowest BCUT2D eigenvalue weighted by molar-refractivity contribution is -0.132. The lowest BCUT2D eigenvalue weighted by atomic mass is 9.90. The molecule has 0 aliphatic carbocycles. The normalized spacial score (nSPS) is 18.3. The van der Waals surface area contributed by atoms with E-state index in [4.69, 9.17) is 5.84 Å². The highest BCUT2D eigenvalue weighted by molar-refractivity contribution is 5.82. The van der Waals surface area contributed by atoms with Crippen molar-refractivity contribution in [3.05, 3.63) is 71.8 Å². The molecular formula is C17H19N3O. The maximum Gasteiger partial charge on any atom is 0.251 e. The van der Waals surface area contributed by atoms with Gasteiger partial charge in [-0.15, -0.1) is 0 Å². The van der Waals surface area contributed by atoms with Crippen LogP contribution in [0.3, 0.4) is 0 Å². The van der Waals surface area contributed by atoms with Crippen molar-refractivity contribution in [1.29, 1.82) is 0 Å². The monoisotopic (exact) mass is 281 g/mol. The number of benzene rings is 2. The topological polar surface area (TPSA) is 58.4 Å². The van der Waals surface area contributed by atoms with Crippen LogP contribution in [0.25, 0.3) is 0 Å². The van der Waals surface area contributed by atoms with E-state index in [0.717, 1.165) is 13.0 Å². The van der Waals surface area contributed by atoms with E-state index in [1.165, 1.54) is 11.1 Å². The fraction of sp³-hybridized carbons (Fsp3) is 0.235. The summed E-state index contributed by atoms with van der Waals surface area (Å²) in [6, 6.07) is 20.5. The zero-order valence-corrected chi connectivity index (χ0v) is 11.8. The average Bonchev–Trinajstić information content (AvgIpc) is 2.52. The van der Waals surface area contributed by atoms with E-state index in [1.807, 2.05) is 36.4 Å². The van der Waals surface area contributed by atoms with Crippen LogP contribution in [-0.4, -0.2) is 23.4 Å². The molecule has 1 fully saturated rings. The molecule has 1 atom stereocenters. The molecule has 1 aliphatic rings. The molecule has 0 radical (unpaired) electrons. The Hall–Kier alpha value is -2.17. The number of hydrogen-bond acceptors (Lipinski definition) is 3. The summed E-state index contributed by atoms with van der Waals surface area (Å²) in [7, 11) is 0. The molecule has 2 aromatic carbocycles. The Bertz CT molecular complexity index is 560. The fourth-order valence-electron chi connectivity index (χ4n) is 2.94. The molecule has 4 heteroatoms. The van der Waals surface area contributed by atoms with E-state index < -0.39 is 0 Å². The van der Waals surface area contributed by atoms with Gasteiger partial charge in [0.2, 0.25) is 0 Å². The molecule has 3 rings (SSSR count). The first-order valence-corrected chi connectivity index (χ1v) is 7.17. The van der Waals surface area contributed by atoms with E-state index in [0.29, 0.717) is 0 Å². The molecule has 108 valence electrons. The highest BCUT2D eigenvalue weighted by Crippen LogP contribution is 2.35. The Morgan fingerprint density at radius 1 is 1.05 bits per heavy atom. The second kappa shape index (κ2) is 6.08. The average molecular weight is 281 g/mol. The lowest BCUT2D eigenvalue weighted by Crippen LogP contribution is -2.58. The van der Waals surface area contributed by atoms with Crippen LogP contribution in [0.1, 0.15) is 23.6 Å². The molecule has 2 aromatic rings. The quantitative estimate of drug-likeness (QED) is 0.511. The van der Waals surface area contributed by atoms with Crippen molar-refractivity contribution < 1.29 is 4.79 Å². The predicted octanol–water partition coefficient (Wildman–Crippen LogP) is 1.84. The Morgan fingerprint density at radius 3 is 1.95 bits per heavy atom. The number of hydrazine groups is 1. The number of amides is 1. The van der Waals surface area contributed by atoms with Gasteiger partial charge >= 0.3 is 0 Å². The Balaban J connectivity index is 1.96. The van der Waals surface area contributed by atoms with Gasteiger partial charge in [-0.1, -0.05) is 60.7 Å². The van der Waals surface area contributed by atoms with Crippen molar-refractivity contribution in [1.82, 2.24) is 10.3 Å². The van der Waals surface area contributed by atoms with Crippen LogP contribution in [0, 0.1) is 0 Å². The van der Waals surface area contributed by atoms with Crippen LogP contribution in [-0.2, 0) is 4.79 Å². The van der Waals surface area contributed by atoms with Gasteiger partial charge in [-0.3, -0.25) is 15.1 Å². The Labute approximate surface area is 124 Å². The summed E-state index contributed by atoms with van der Waals surface area (Å²) < 4.78 is 0. The summed E-state index contributed by atoms with van der Waals surface area (Å²) in [5.41, 5.74) is 4.66. The van der Waals surface area contributed by atoms with Gasteiger partial charge in [0.15, 0.2) is 0 Å². The van der Waals surface area contributed by atoms with Crippen LogP contribution in [0.4, 0.5) is 0 Å². The molecular weight excluding hydrogens is 262 g/mol. The number of nitrogens with zero attached hydrogens (tertiary/aromatic N) is 1. The number of carbonyl (C=O) groups is 1. The van der Waals surface area contributed by atoms with Gasteiger partial charge in [0, 0.05) is 6.54 Å². The molecule has 21 heavy (non-hydrogen) atoms. The highest BCUT2D eigenvalue weighted by Gasteiger charge is 2.39. The van der Waals surface area contributed by atoms with Crippen LogP contribution in [0.15, 0.2) is 60.7 Å². The van der Waals surface area contributed by atoms with E-state index in [2.05, 4.69) is 34.6 Å². The molecule has 4 nitrogen and oxygen atoms in total. The van der Waals surface area contributed by atoms with Crippen molar-refractivity contribution in [2.45, 2.75) is 18.5 Å². The molecule has 0 spiro atoms. The molecule has 0 saturated carbocycles. The second-order valence-corrected chi connectivity index (χ2v) is 5.27. The summed E-state index contributed by atoms with van der Waals surface area (Å²) in [5.74, 6) is 5.18. The van der Waals surface area contributed by atoms with Gasteiger partial charge in [-0.05, 0) is 17.5 Å². The van der Waals surface area contributed by atoms with E-state index in [-0.39, 0.29) is 18.0 Å². The SMILES string of the molecule is NNC(=O)C1CCN1C(c1ccccc1)c1ccccc1. The molecule has 1 amide bonds. The van der Waals surface area contributed by atoms with Gasteiger partial charge in [0.1, 0.15) is 0 Å². The van der Waals surface area contributed by atoms with Crippen molar-refractivity contribution >= 4 is 5.91 Å². The van der Waals surface area contributed by atoms with Crippen LogP contribution in [0.5, 0.6) is 0 Å². The third-order valence-corrected chi connectivity index (χ3v) is 4.07. The maximum atomic E-state index is 11.9. The molecule has 0 bridgehead atoms. The van der Waals surface area contributed by atoms with Crippen LogP contribution < -0.4 is 11.3 Å². The number of hydrogen-bond donors (Lipinski definition) is 2. The summed E-state index contributed by atoms with van der Waals surface area (Å²) >= 11 is 0. The largest absolute Gasteiger partial charge is 0.293 e. The van der Waals surface area contributed by atoms with Crippen molar-refractivity contribution in [3.8, 4) is 0 Å². The smallest absolute Gasteiger partial charge is 0.251 e. The van der Waals surface area contributed by atoms with Gasteiger partial charge in [-0.25, -0.2) is 5.84 Å². The van der Waals surface area contributed by atoms with Crippen molar-refractivity contribution in [3.63, 3.8) is 0 Å². The minimum atomic E-state index is -0.152. The predicted molar refractivity (Wildman–Crippen MR) is 82.2 cm³/mol. The Kier molecular flexibility index (Phi) is 3.99. The third kappa shape index (κ3) is 2.68. The van der Waals surface area contributed by atoms with E-state index >= 15 is 0 Å².